The Bertz CT molecular complexity index is 722. The average molecular weight is 270 g/mol. The first-order valence-corrected chi connectivity index (χ1v) is 6.23. The average Bonchev–Trinajstić information content (AvgIpc) is 2.89. The van der Waals surface area contributed by atoms with Crippen molar-refractivity contribution in [2.45, 2.75) is 6.42 Å². The fourth-order valence-corrected chi connectivity index (χ4v) is 1.95. The third-order valence-corrected chi connectivity index (χ3v) is 2.90. The molecule has 0 amide bonds. The number of ether oxygens (including phenoxy) is 1. The Morgan fingerprint density at radius 2 is 2.05 bits per heavy atom. The number of benzene rings is 1. The van der Waals surface area contributed by atoms with Crippen LogP contribution in [0.1, 0.15) is 5.56 Å². The first-order chi connectivity index (χ1) is 9.76. The molecule has 0 aliphatic heterocycles. The van der Waals surface area contributed by atoms with Gasteiger partial charge in [0.15, 0.2) is 0 Å². The van der Waals surface area contributed by atoms with Crippen molar-refractivity contribution in [1.29, 1.82) is 0 Å². The number of hydrogen-bond acceptors (Lipinski definition) is 5. The Balaban J connectivity index is 1.90. The highest BCUT2D eigenvalue weighted by Gasteiger charge is 2.08. The fourth-order valence-electron chi connectivity index (χ4n) is 1.95. The van der Waals surface area contributed by atoms with E-state index in [1.165, 1.54) is 0 Å². The van der Waals surface area contributed by atoms with Crippen LogP contribution in [0.15, 0.2) is 42.9 Å². The number of aliphatic hydroxyl groups excluding tert-OH is 1. The van der Waals surface area contributed by atoms with E-state index in [1.54, 1.807) is 23.0 Å². The molecule has 3 N–H and O–H groups in total. The molecule has 6 heteroatoms. The molecule has 0 saturated carbocycles. The SMILES string of the molecule is Nc1cn2ccnc2c(Oc2ccc(CCO)cc2)n1. The number of rotatable bonds is 4. The number of imidazole rings is 1. The fraction of sp³-hybridized carbons (Fsp3) is 0.143. The summed E-state index contributed by atoms with van der Waals surface area (Å²) in [6.45, 7) is 0.131. The van der Waals surface area contributed by atoms with Gasteiger partial charge in [-0.05, 0) is 24.1 Å². The molecule has 0 unspecified atom stereocenters. The van der Waals surface area contributed by atoms with Crippen molar-refractivity contribution in [3.63, 3.8) is 0 Å². The van der Waals surface area contributed by atoms with E-state index < -0.39 is 0 Å². The van der Waals surface area contributed by atoms with Gasteiger partial charge in [0.2, 0.25) is 5.65 Å². The van der Waals surface area contributed by atoms with Gasteiger partial charge in [-0.3, -0.25) is 4.40 Å². The molecular weight excluding hydrogens is 256 g/mol. The largest absolute Gasteiger partial charge is 0.436 e. The second-order valence-electron chi connectivity index (χ2n) is 4.35. The van der Waals surface area contributed by atoms with Crippen LogP contribution in [-0.2, 0) is 6.42 Å². The zero-order valence-electron chi connectivity index (χ0n) is 10.7. The van der Waals surface area contributed by atoms with E-state index in [9.17, 15) is 0 Å². The molecular formula is C14H14N4O2. The molecule has 0 aliphatic carbocycles. The maximum Gasteiger partial charge on any atom is 0.265 e. The number of anilines is 1. The highest BCUT2D eigenvalue weighted by atomic mass is 16.5. The predicted octanol–water partition coefficient (Wildman–Crippen LogP) is 1.64. The molecule has 102 valence electrons. The third kappa shape index (κ3) is 2.41. The van der Waals surface area contributed by atoms with Gasteiger partial charge in [-0.2, -0.15) is 4.98 Å². The minimum Gasteiger partial charge on any atom is -0.436 e. The number of fused-ring (bicyclic) bond motifs is 1. The summed E-state index contributed by atoms with van der Waals surface area (Å²) in [5, 5.41) is 8.88. The van der Waals surface area contributed by atoms with Gasteiger partial charge in [0, 0.05) is 19.0 Å². The third-order valence-electron chi connectivity index (χ3n) is 2.90. The maximum absolute atomic E-state index is 8.88. The van der Waals surface area contributed by atoms with Crippen LogP contribution in [0.4, 0.5) is 5.82 Å². The minimum absolute atomic E-state index is 0.131. The lowest BCUT2D eigenvalue weighted by Gasteiger charge is -2.07. The van der Waals surface area contributed by atoms with E-state index in [-0.39, 0.29) is 6.61 Å². The van der Waals surface area contributed by atoms with Crippen LogP contribution in [-0.4, -0.2) is 26.1 Å². The molecule has 0 atom stereocenters. The molecule has 0 radical (unpaired) electrons. The molecule has 3 rings (SSSR count). The van der Waals surface area contributed by atoms with Crippen LogP contribution in [0.5, 0.6) is 11.6 Å². The topological polar surface area (TPSA) is 85.7 Å². The highest BCUT2D eigenvalue weighted by Crippen LogP contribution is 2.24. The lowest BCUT2D eigenvalue weighted by atomic mass is 10.1. The van der Waals surface area contributed by atoms with Gasteiger partial charge >= 0.3 is 0 Å². The predicted molar refractivity (Wildman–Crippen MR) is 74.7 cm³/mol. The van der Waals surface area contributed by atoms with Crippen molar-refractivity contribution >= 4 is 11.5 Å². The molecule has 2 heterocycles. The number of aliphatic hydroxyl groups is 1. The molecule has 0 bridgehead atoms. The van der Waals surface area contributed by atoms with Crippen molar-refractivity contribution in [1.82, 2.24) is 14.4 Å². The molecule has 20 heavy (non-hydrogen) atoms. The van der Waals surface area contributed by atoms with E-state index in [4.69, 9.17) is 15.6 Å². The molecule has 1 aromatic carbocycles. The summed E-state index contributed by atoms with van der Waals surface area (Å²) in [6.07, 6.45) is 5.75. The molecule has 2 aromatic heterocycles. The van der Waals surface area contributed by atoms with Crippen LogP contribution in [0, 0.1) is 0 Å². The second kappa shape index (κ2) is 5.18. The molecule has 0 spiro atoms. The number of nitrogen functional groups attached to an aromatic ring is 1. The molecule has 6 nitrogen and oxygen atoms in total. The highest BCUT2D eigenvalue weighted by molar-refractivity contribution is 5.54. The normalized spacial score (nSPS) is 10.8. The van der Waals surface area contributed by atoms with Crippen LogP contribution in [0.25, 0.3) is 5.65 Å². The summed E-state index contributed by atoms with van der Waals surface area (Å²) in [6, 6.07) is 7.46. The Labute approximate surface area is 115 Å². The Morgan fingerprint density at radius 3 is 2.80 bits per heavy atom. The lowest BCUT2D eigenvalue weighted by Crippen LogP contribution is -1.99. The maximum atomic E-state index is 8.88. The zero-order chi connectivity index (χ0) is 13.9. The first kappa shape index (κ1) is 12.4. The van der Waals surface area contributed by atoms with E-state index in [0.29, 0.717) is 29.5 Å². The van der Waals surface area contributed by atoms with E-state index >= 15 is 0 Å². The summed E-state index contributed by atoms with van der Waals surface area (Å²) >= 11 is 0. The first-order valence-electron chi connectivity index (χ1n) is 6.23. The number of nitrogens with two attached hydrogens (primary N) is 1. The van der Waals surface area contributed by atoms with Crippen LogP contribution in [0.3, 0.4) is 0 Å². The molecule has 0 fully saturated rings. The van der Waals surface area contributed by atoms with Gasteiger partial charge in [-0.15, -0.1) is 0 Å². The molecule has 0 saturated heterocycles. The standard InChI is InChI=1S/C14H14N4O2/c15-12-9-18-7-6-16-13(18)14(17-12)20-11-3-1-10(2-4-11)5-8-19/h1-4,6-7,9,19H,5,8,15H2. The number of hydrogen-bond donors (Lipinski definition) is 2. The zero-order valence-corrected chi connectivity index (χ0v) is 10.7. The Hall–Kier alpha value is -2.60. The van der Waals surface area contributed by atoms with Crippen molar-refractivity contribution < 1.29 is 9.84 Å². The van der Waals surface area contributed by atoms with Crippen LogP contribution in [0.2, 0.25) is 0 Å². The van der Waals surface area contributed by atoms with Crippen molar-refractivity contribution in [2.75, 3.05) is 12.3 Å². The van der Waals surface area contributed by atoms with Gasteiger partial charge in [0.05, 0.1) is 6.20 Å². The van der Waals surface area contributed by atoms with Gasteiger partial charge in [0.1, 0.15) is 11.6 Å². The summed E-state index contributed by atoms with van der Waals surface area (Å²) in [5.41, 5.74) is 7.39. The van der Waals surface area contributed by atoms with E-state index in [0.717, 1.165) is 5.56 Å². The van der Waals surface area contributed by atoms with Gasteiger partial charge in [-0.1, -0.05) is 12.1 Å². The number of aromatic nitrogens is 3. The number of nitrogens with zero attached hydrogens (tertiary/aromatic N) is 3. The molecule has 3 aromatic rings. The van der Waals surface area contributed by atoms with Gasteiger partial charge in [0.25, 0.3) is 5.88 Å². The van der Waals surface area contributed by atoms with E-state index in [1.807, 2.05) is 24.3 Å². The summed E-state index contributed by atoms with van der Waals surface area (Å²) in [7, 11) is 0. The summed E-state index contributed by atoms with van der Waals surface area (Å²) in [5.74, 6) is 1.38. The lowest BCUT2D eigenvalue weighted by molar-refractivity contribution is 0.299. The van der Waals surface area contributed by atoms with Gasteiger partial charge in [-0.25, -0.2) is 4.98 Å². The van der Waals surface area contributed by atoms with Crippen molar-refractivity contribution in [3.8, 4) is 11.6 Å². The van der Waals surface area contributed by atoms with Crippen molar-refractivity contribution in [3.05, 3.63) is 48.4 Å². The minimum atomic E-state index is 0.131. The van der Waals surface area contributed by atoms with Crippen molar-refractivity contribution in [2.24, 2.45) is 0 Å². The monoisotopic (exact) mass is 270 g/mol. The Kier molecular flexibility index (Phi) is 3.22. The smallest absolute Gasteiger partial charge is 0.265 e. The summed E-state index contributed by atoms with van der Waals surface area (Å²) in [4.78, 5) is 8.35. The Morgan fingerprint density at radius 1 is 1.25 bits per heavy atom. The molecule has 0 aliphatic rings. The van der Waals surface area contributed by atoms with Crippen LogP contribution >= 0.6 is 0 Å². The van der Waals surface area contributed by atoms with E-state index in [2.05, 4.69) is 9.97 Å². The second-order valence-corrected chi connectivity index (χ2v) is 4.35. The quantitative estimate of drug-likeness (QED) is 0.752. The summed E-state index contributed by atoms with van der Waals surface area (Å²) < 4.78 is 7.49. The van der Waals surface area contributed by atoms with Crippen LogP contribution < -0.4 is 10.5 Å². The van der Waals surface area contributed by atoms with Gasteiger partial charge < -0.3 is 15.6 Å².